The van der Waals surface area contributed by atoms with Crippen LogP contribution in [0.15, 0.2) is 53.1 Å². The SMILES string of the molecule is COc1ccc(-c2noc(CN(C)Cc3ccc(C)cc3)n2)cc1. The Kier molecular flexibility index (Phi) is 4.91. The largest absolute Gasteiger partial charge is 0.497 e. The van der Waals surface area contributed by atoms with Crippen molar-refractivity contribution in [2.75, 3.05) is 14.2 Å². The molecule has 1 aromatic heterocycles. The molecule has 0 aliphatic heterocycles. The van der Waals surface area contributed by atoms with Crippen LogP contribution in [0.2, 0.25) is 0 Å². The van der Waals surface area contributed by atoms with Gasteiger partial charge in [-0.15, -0.1) is 0 Å². The number of hydrogen-bond acceptors (Lipinski definition) is 5. The van der Waals surface area contributed by atoms with Gasteiger partial charge < -0.3 is 9.26 Å². The normalized spacial score (nSPS) is 11.0. The van der Waals surface area contributed by atoms with Crippen LogP contribution in [0.5, 0.6) is 5.75 Å². The van der Waals surface area contributed by atoms with Gasteiger partial charge in [0, 0.05) is 12.1 Å². The maximum absolute atomic E-state index is 5.37. The van der Waals surface area contributed by atoms with E-state index in [1.54, 1.807) is 7.11 Å². The highest BCUT2D eigenvalue weighted by molar-refractivity contribution is 5.55. The van der Waals surface area contributed by atoms with E-state index in [1.165, 1.54) is 11.1 Å². The van der Waals surface area contributed by atoms with Crippen LogP contribution in [0.3, 0.4) is 0 Å². The molecule has 0 aliphatic carbocycles. The van der Waals surface area contributed by atoms with E-state index in [-0.39, 0.29) is 0 Å². The van der Waals surface area contributed by atoms with Crippen molar-refractivity contribution >= 4 is 0 Å². The Morgan fingerprint density at radius 2 is 1.71 bits per heavy atom. The summed E-state index contributed by atoms with van der Waals surface area (Å²) in [4.78, 5) is 6.62. The van der Waals surface area contributed by atoms with E-state index in [2.05, 4.69) is 46.2 Å². The van der Waals surface area contributed by atoms with Crippen molar-refractivity contribution in [2.45, 2.75) is 20.0 Å². The first-order valence-corrected chi connectivity index (χ1v) is 7.85. The molecule has 0 saturated heterocycles. The average Bonchev–Trinajstić information content (AvgIpc) is 3.05. The van der Waals surface area contributed by atoms with Crippen LogP contribution >= 0.6 is 0 Å². The molecule has 0 amide bonds. The lowest BCUT2D eigenvalue weighted by atomic mass is 10.1. The zero-order chi connectivity index (χ0) is 16.9. The number of methoxy groups -OCH3 is 1. The van der Waals surface area contributed by atoms with Gasteiger partial charge in [-0.25, -0.2) is 0 Å². The van der Waals surface area contributed by atoms with E-state index < -0.39 is 0 Å². The smallest absolute Gasteiger partial charge is 0.241 e. The summed E-state index contributed by atoms with van der Waals surface area (Å²) in [6, 6.07) is 16.1. The lowest BCUT2D eigenvalue weighted by molar-refractivity contribution is 0.261. The van der Waals surface area contributed by atoms with Crippen molar-refractivity contribution in [3.8, 4) is 17.1 Å². The number of rotatable bonds is 6. The molecule has 0 spiro atoms. The summed E-state index contributed by atoms with van der Waals surface area (Å²) in [5.41, 5.74) is 3.44. The summed E-state index contributed by atoms with van der Waals surface area (Å²) in [6.45, 7) is 3.53. The van der Waals surface area contributed by atoms with Gasteiger partial charge in [-0.2, -0.15) is 4.98 Å². The maximum atomic E-state index is 5.37. The predicted octanol–water partition coefficient (Wildman–Crippen LogP) is 3.69. The first kappa shape index (κ1) is 16.2. The molecule has 24 heavy (non-hydrogen) atoms. The second-order valence-electron chi connectivity index (χ2n) is 5.90. The lowest BCUT2D eigenvalue weighted by Gasteiger charge is -2.14. The molecule has 5 nitrogen and oxygen atoms in total. The van der Waals surface area contributed by atoms with Crippen LogP contribution < -0.4 is 4.74 Å². The summed E-state index contributed by atoms with van der Waals surface area (Å²) in [7, 11) is 3.68. The molecule has 0 unspecified atom stereocenters. The number of hydrogen-bond donors (Lipinski definition) is 0. The number of ether oxygens (including phenoxy) is 1. The van der Waals surface area contributed by atoms with Gasteiger partial charge in [0.15, 0.2) is 0 Å². The van der Waals surface area contributed by atoms with E-state index in [9.17, 15) is 0 Å². The molecule has 0 N–H and O–H groups in total. The summed E-state index contributed by atoms with van der Waals surface area (Å²) >= 11 is 0. The summed E-state index contributed by atoms with van der Waals surface area (Å²) < 4.78 is 10.5. The first-order valence-electron chi connectivity index (χ1n) is 7.85. The van der Waals surface area contributed by atoms with Gasteiger partial charge >= 0.3 is 0 Å². The first-order chi connectivity index (χ1) is 11.6. The van der Waals surface area contributed by atoms with Gasteiger partial charge in [0.05, 0.1) is 13.7 Å². The van der Waals surface area contributed by atoms with Crippen LogP contribution in [0.1, 0.15) is 17.0 Å². The number of benzene rings is 2. The van der Waals surface area contributed by atoms with Crippen LogP contribution in [-0.2, 0) is 13.1 Å². The fourth-order valence-corrected chi connectivity index (χ4v) is 2.47. The van der Waals surface area contributed by atoms with Gasteiger partial charge in [0.25, 0.3) is 0 Å². The van der Waals surface area contributed by atoms with Crippen LogP contribution in [-0.4, -0.2) is 29.2 Å². The quantitative estimate of drug-likeness (QED) is 0.692. The van der Waals surface area contributed by atoms with E-state index in [0.29, 0.717) is 18.3 Å². The van der Waals surface area contributed by atoms with E-state index in [0.717, 1.165) is 17.9 Å². The standard InChI is InChI=1S/C19H21N3O2/c1-14-4-6-15(7-5-14)12-22(2)13-18-20-19(21-24-18)16-8-10-17(23-3)11-9-16/h4-11H,12-13H2,1-3H3. The highest BCUT2D eigenvalue weighted by Crippen LogP contribution is 2.20. The monoisotopic (exact) mass is 323 g/mol. The number of aromatic nitrogens is 2. The Morgan fingerprint density at radius 1 is 1.00 bits per heavy atom. The van der Waals surface area contributed by atoms with Crippen molar-refractivity contribution in [2.24, 2.45) is 0 Å². The van der Waals surface area contributed by atoms with E-state index in [4.69, 9.17) is 9.26 Å². The second kappa shape index (κ2) is 7.27. The zero-order valence-electron chi connectivity index (χ0n) is 14.2. The lowest BCUT2D eigenvalue weighted by Crippen LogP contribution is -2.17. The Hall–Kier alpha value is -2.66. The molecule has 0 atom stereocenters. The highest BCUT2D eigenvalue weighted by atomic mass is 16.5. The second-order valence-corrected chi connectivity index (χ2v) is 5.90. The molecule has 5 heteroatoms. The third kappa shape index (κ3) is 4.00. The van der Waals surface area contributed by atoms with Crippen molar-refractivity contribution < 1.29 is 9.26 Å². The fraction of sp³-hybridized carbons (Fsp3) is 0.263. The third-order valence-corrected chi connectivity index (χ3v) is 3.79. The average molecular weight is 323 g/mol. The summed E-state index contributed by atoms with van der Waals surface area (Å²) in [5.74, 6) is 2.01. The van der Waals surface area contributed by atoms with Gasteiger partial charge in [-0.1, -0.05) is 35.0 Å². The van der Waals surface area contributed by atoms with Crippen LogP contribution in [0.4, 0.5) is 0 Å². The van der Waals surface area contributed by atoms with Gasteiger partial charge in [-0.05, 0) is 43.8 Å². The van der Waals surface area contributed by atoms with Crippen LogP contribution in [0, 0.1) is 6.92 Å². The van der Waals surface area contributed by atoms with Gasteiger partial charge in [0.1, 0.15) is 5.75 Å². The molecule has 0 fully saturated rings. The Morgan fingerprint density at radius 3 is 2.38 bits per heavy atom. The van der Waals surface area contributed by atoms with E-state index >= 15 is 0 Å². The van der Waals surface area contributed by atoms with Crippen molar-refractivity contribution in [3.05, 3.63) is 65.5 Å². The molecule has 3 aromatic rings. The molecular formula is C19H21N3O2. The predicted molar refractivity (Wildman–Crippen MR) is 92.6 cm³/mol. The topological polar surface area (TPSA) is 51.4 Å². The molecule has 1 heterocycles. The van der Waals surface area contributed by atoms with Crippen molar-refractivity contribution in [1.29, 1.82) is 0 Å². The van der Waals surface area contributed by atoms with E-state index in [1.807, 2.05) is 31.3 Å². The zero-order valence-corrected chi connectivity index (χ0v) is 14.2. The minimum Gasteiger partial charge on any atom is -0.497 e. The third-order valence-electron chi connectivity index (χ3n) is 3.79. The fourth-order valence-electron chi connectivity index (χ4n) is 2.47. The summed E-state index contributed by atoms with van der Waals surface area (Å²) in [5, 5.41) is 4.06. The van der Waals surface area contributed by atoms with Crippen LogP contribution in [0.25, 0.3) is 11.4 Å². The molecule has 0 bridgehead atoms. The molecule has 2 aromatic carbocycles. The highest BCUT2D eigenvalue weighted by Gasteiger charge is 2.11. The van der Waals surface area contributed by atoms with Gasteiger partial charge in [-0.3, -0.25) is 4.90 Å². The molecule has 0 radical (unpaired) electrons. The molecule has 0 saturated carbocycles. The molecule has 124 valence electrons. The molecular weight excluding hydrogens is 302 g/mol. The Balaban J connectivity index is 1.63. The minimum absolute atomic E-state index is 0.594. The van der Waals surface area contributed by atoms with Gasteiger partial charge in [0.2, 0.25) is 11.7 Å². The number of nitrogens with zero attached hydrogens (tertiary/aromatic N) is 3. The van der Waals surface area contributed by atoms with Crippen molar-refractivity contribution in [1.82, 2.24) is 15.0 Å². The Labute approximate surface area is 141 Å². The van der Waals surface area contributed by atoms with Crippen molar-refractivity contribution in [3.63, 3.8) is 0 Å². The minimum atomic E-state index is 0.594. The molecule has 3 rings (SSSR count). The molecule has 0 aliphatic rings. The Bertz CT molecular complexity index is 779. The number of aryl methyl sites for hydroxylation is 1. The summed E-state index contributed by atoms with van der Waals surface area (Å²) in [6.07, 6.45) is 0. The maximum Gasteiger partial charge on any atom is 0.241 e.